The van der Waals surface area contributed by atoms with Gasteiger partial charge in [0, 0.05) is 57.2 Å². The summed E-state index contributed by atoms with van der Waals surface area (Å²) in [5, 5.41) is 0. The van der Waals surface area contributed by atoms with E-state index in [2.05, 4.69) is 4.98 Å². The van der Waals surface area contributed by atoms with Gasteiger partial charge in [0.2, 0.25) is 11.8 Å². The van der Waals surface area contributed by atoms with Crippen molar-refractivity contribution in [1.29, 1.82) is 0 Å². The molecule has 0 N–H and O–H groups in total. The number of likely N-dealkylation sites (tertiary alicyclic amines) is 1. The van der Waals surface area contributed by atoms with Crippen LogP contribution in [-0.4, -0.2) is 51.2 Å². The quantitative estimate of drug-likeness (QED) is 0.806. The van der Waals surface area contributed by atoms with E-state index < -0.39 is 0 Å². The lowest BCUT2D eigenvalue weighted by atomic mass is 9.95. The number of hydrogen-bond donors (Lipinski definition) is 0. The van der Waals surface area contributed by atoms with Crippen molar-refractivity contribution in [3.63, 3.8) is 0 Å². The number of nitrogens with zero attached hydrogens (tertiary/aromatic N) is 4. The molecular formula is C23H28N4O2. The van der Waals surface area contributed by atoms with Crippen molar-refractivity contribution in [2.24, 2.45) is 0 Å². The van der Waals surface area contributed by atoms with Crippen molar-refractivity contribution in [2.45, 2.75) is 51.5 Å². The third kappa shape index (κ3) is 4.16. The monoisotopic (exact) mass is 392 g/mol. The molecule has 2 aromatic rings. The molecule has 29 heavy (non-hydrogen) atoms. The largest absolute Gasteiger partial charge is 0.343 e. The Morgan fingerprint density at radius 2 is 1.79 bits per heavy atom. The highest BCUT2D eigenvalue weighted by Crippen LogP contribution is 2.28. The van der Waals surface area contributed by atoms with Crippen LogP contribution in [0.15, 0.2) is 36.5 Å². The predicted molar refractivity (Wildman–Crippen MR) is 110 cm³/mol. The van der Waals surface area contributed by atoms with Gasteiger partial charge in [0.15, 0.2) is 0 Å². The highest BCUT2D eigenvalue weighted by Gasteiger charge is 2.28. The molecule has 1 fully saturated rings. The van der Waals surface area contributed by atoms with E-state index in [0.717, 1.165) is 55.0 Å². The molecule has 2 amide bonds. The molecule has 152 valence electrons. The Labute approximate surface area is 172 Å². The van der Waals surface area contributed by atoms with E-state index in [1.165, 1.54) is 0 Å². The molecular weight excluding hydrogens is 364 g/mol. The van der Waals surface area contributed by atoms with Crippen LogP contribution in [0.3, 0.4) is 0 Å². The molecule has 3 heterocycles. The lowest BCUT2D eigenvalue weighted by molar-refractivity contribution is -0.133. The number of aromatic nitrogens is 2. The minimum absolute atomic E-state index is 0.143. The zero-order chi connectivity index (χ0) is 20.4. The van der Waals surface area contributed by atoms with Gasteiger partial charge in [-0.05, 0) is 25.3 Å². The van der Waals surface area contributed by atoms with E-state index in [-0.39, 0.29) is 17.7 Å². The molecule has 0 spiro atoms. The van der Waals surface area contributed by atoms with Gasteiger partial charge in [-0.1, -0.05) is 30.3 Å². The van der Waals surface area contributed by atoms with Crippen molar-refractivity contribution in [2.75, 3.05) is 19.6 Å². The number of rotatable bonds is 3. The zero-order valence-electron chi connectivity index (χ0n) is 17.2. The topological polar surface area (TPSA) is 66.4 Å². The molecule has 0 aliphatic carbocycles. The summed E-state index contributed by atoms with van der Waals surface area (Å²) in [5.74, 6) is 1.36. The second-order valence-corrected chi connectivity index (χ2v) is 8.12. The SMILES string of the molecule is CC(=O)N1CCC(c2ncc3c(n2)CCN(C(=O)[C@@H](C)c2ccccc2)C3)CC1. The summed E-state index contributed by atoms with van der Waals surface area (Å²) in [6, 6.07) is 9.93. The molecule has 6 heteroatoms. The van der Waals surface area contributed by atoms with Crippen LogP contribution in [0.4, 0.5) is 0 Å². The highest BCUT2D eigenvalue weighted by atomic mass is 16.2. The van der Waals surface area contributed by atoms with Crippen molar-refractivity contribution in [3.8, 4) is 0 Å². The summed E-state index contributed by atoms with van der Waals surface area (Å²) in [4.78, 5) is 37.8. The van der Waals surface area contributed by atoms with Crippen LogP contribution in [0, 0.1) is 0 Å². The Morgan fingerprint density at radius 1 is 1.07 bits per heavy atom. The first-order valence-corrected chi connectivity index (χ1v) is 10.5. The summed E-state index contributed by atoms with van der Waals surface area (Å²) < 4.78 is 0. The van der Waals surface area contributed by atoms with Crippen LogP contribution in [0.1, 0.15) is 61.2 Å². The van der Waals surface area contributed by atoms with Gasteiger partial charge in [0.25, 0.3) is 0 Å². The number of amides is 2. The number of hydrogen-bond acceptors (Lipinski definition) is 4. The third-order valence-electron chi connectivity index (χ3n) is 6.24. The van der Waals surface area contributed by atoms with Gasteiger partial charge in [-0.3, -0.25) is 9.59 Å². The van der Waals surface area contributed by atoms with Crippen molar-refractivity contribution >= 4 is 11.8 Å². The molecule has 0 unspecified atom stereocenters. The van der Waals surface area contributed by atoms with Crippen LogP contribution in [-0.2, 0) is 22.6 Å². The number of benzene rings is 1. The Morgan fingerprint density at radius 3 is 2.48 bits per heavy atom. The van der Waals surface area contributed by atoms with Gasteiger partial charge < -0.3 is 9.80 Å². The second-order valence-electron chi connectivity index (χ2n) is 8.12. The van der Waals surface area contributed by atoms with E-state index in [1.807, 2.05) is 53.3 Å². The van der Waals surface area contributed by atoms with Crippen molar-refractivity contribution in [1.82, 2.24) is 19.8 Å². The molecule has 0 saturated carbocycles. The Hall–Kier alpha value is -2.76. The van der Waals surface area contributed by atoms with Crippen LogP contribution in [0.5, 0.6) is 0 Å². The van der Waals surface area contributed by atoms with E-state index in [0.29, 0.717) is 19.0 Å². The second kappa shape index (κ2) is 8.31. The number of carbonyl (C=O) groups excluding carboxylic acids is 2. The average Bonchev–Trinajstić information content (AvgIpc) is 2.78. The first kappa shape index (κ1) is 19.6. The summed E-state index contributed by atoms with van der Waals surface area (Å²) >= 11 is 0. The molecule has 1 aromatic carbocycles. The van der Waals surface area contributed by atoms with Gasteiger partial charge >= 0.3 is 0 Å². The van der Waals surface area contributed by atoms with Crippen LogP contribution < -0.4 is 0 Å². The lowest BCUT2D eigenvalue weighted by Crippen LogP contribution is -2.39. The number of carbonyl (C=O) groups is 2. The Bertz CT molecular complexity index is 891. The van der Waals surface area contributed by atoms with E-state index >= 15 is 0 Å². The molecule has 1 aromatic heterocycles. The molecule has 0 bridgehead atoms. The van der Waals surface area contributed by atoms with E-state index in [9.17, 15) is 9.59 Å². The maximum atomic E-state index is 13.0. The van der Waals surface area contributed by atoms with Gasteiger partial charge in [-0.15, -0.1) is 0 Å². The molecule has 2 aliphatic heterocycles. The molecule has 6 nitrogen and oxygen atoms in total. The molecule has 0 radical (unpaired) electrons. The fraction of sp³-hybridized carbons (Fsp3) is 0.478. The van der Waals surface area contributed by atoms with Gasteiger partial charge in [0.1, 0.15) is 5.82 Å². The van der Waals surface area contributed by atoms with Gasteiger partial charge in [0.05, 0.1) is 11.6 Å². The Kier molecular flexibility index (Phi) is 5.60. The first-order valence-electron chi connectivity index (χ1n) is 10.5. The van der Waals surface area contributed by atoms with Crippen LogP contribution >= 0.6 is 0 Å². The lowest BCUT2D eigenvalue weighted by Gasteiger charge is -2.32. The summed E-state index contributed by atoms with van der Waals surface area (Å²) in [6.07, 6.45) is 4.50. The third-order valence-corrected chi connectivity index (χ3v) is 6.24. The molecule has 1 atom stereocenters. The van der Waals surface area contributed by atoms with Crippen molar-refractivity contribution in [3.05, 3.63) is 59.2 Å². The Balaban J connectivity index is 1.42. The summed E-state index contributed by atoms with van der Waals surface area (Å²) in [6.45, 7) is 6.43. The highest BCUT2D eigenvalue weighted by molar-refractivity contribution is 5.83. The fourth-order valence-corrected chi connectivity index (χ4v) is 4.33. The van der Waals surface area contributed by atoms with Gasteiger partial charge in [-0.2, -0.15) is 0 Å². The normalized spacial score (nSPS) is 18.3. The van der Waals surface area contributed by atoms with Gasteiger partial charge in [-0.25, -0.2) is 9.97 Å². The first-order chi connectivity index (χ1) is 14.0. The van der Waals surface area contributed by atoms with Crippen LogP contribution in [0.25, 0.3) is 0 Å². The molecule has 2 aliphatic rings. The molecule has 4 rings (SSSR count). The zero-order valence-corrected chi connectivity index (χ0v) is 17.2. The summed E-state index contributed by atoms with van der Waals surface area (Å²) in [7, 11) is 0. The minimum atomic E-state index is -0.149. The molecule has 1 saturated heterocycles. The van der Waals surface area contributed by atoms with Crippen molar-refractivity contribution < 1.29 is 9.59 Å². The predicted octanol–water partition coefficient (Wildman–Crippen LogP) is 2.89. The fourth-order valence-electron chi connectivity index (χ4n) is 4.33. The van der Waals surface area contributed by atoms with E-state index in [4.69, 9.17) is 4.98 Å². The standard InChI is InChI=1S/C23H28N4O2/c1-16(18-6-4-3-5-7-18)23(29)27-13-10-21-20(15-27)14-24-22(25-21)19-8-11-26(12-9-19)17(2)28/h3-7,14,16,19H,8-13,15H2,1-2H3/t16-/m0/s1. The smallest absolute Gasteiger partial charge is 0.230 e. The summed E-state index contributed by atoms with van der Waals surface area (Å²) in [5.41, 5.74) is 3.17. The van der Waals surface area contributed by atoms with Crippen LogP contribution in [0.2, 0.25) is 0 Å². The maximum Gasteiger partial charge on any atom is 0.230 e. The number of piperidine rings is 1. The number of fused-ring (bicyclic) bond motifs is 1. The average molecular weight is 393 g/mol. The minimum Gasteiger partial charge on any atom is -0.343 e. The van der Waals surface area contributed by atoms with E-state index in [1.54, 1.807) is 6.92 Å². The maximum absolute atomic E-state index is 13.0.